The number of para-hydroxylation sites is 2. The van der Waals surface area contributed by atoms with Gasteiger partial charge >= 0.3 is 0 Å². The van der Waals surface area contributed by atoms with Crippen LogP contribution in [0.5, 0.6) is 0 Å². The van der Waals surface area contributed by atoms with Crippen LogP contribution in [0.2, 0.25) is 0 Å². The Labute approximate surface area is 530 Å². The van der Waals surface area contributed by atoms with Crippen LogP contribution in [0.1, 0.15) is 0 Å². The number of aromatic nitrogens is 2. The molecule has 0 aliphatic rings. The molecule has 0 fully saturated rings. The van der Waals surface area contributed by atoms with Gasteiger partial charge in [-0.3, -0.25) is 9.97 Å². The standard InChI is InChI=1S/C86H54N4O2/c1-2-15-55(16-3-1)56-33-41-64(42-34-56)89(68-49-50-82-78(52-68)79-54-87-80-31-9-8-24-76(80)84(79)91-82)65-45-37-60(38-46-65)71-26-12-29-75-72(27-13-28-74(71)75)62-21-10-20-61(51-62)57-35-43-66(44-36-57)90(67-47-39-59(40-48-67)70-25-11-19-58-17-4-6-22-69(58)70)81-32-14-30-77-83-86(92-85(77)81)73-23-7-5-18-63(73)53-88-83/h1-54H. The zero-order valence-corrected chi connectivity index (χ0v) is 49.8. The Morgan fingerprint density at radius 2 is 0.728 bits per heavy atom. The zero-order valence-electron chi connectivity index (χ0n) is 49.8. The number of hydrogen-bond donors (Lipinski definition) is 0. The van der Waals surface area contributed by atoms with Gasteiger partial charge in [0.1, 0.15) is 16.7 Å². The van der Waals surface area contributed by atoms with E-state index in [1.807, 2.05) is 36.7 Å². The van der Waals surface area contributed by atoms with E-state index in [0.29, 0.717) is 0 Å². The van der Waals surface area contributed by atoms with Gasteiger partial charge in [0, 0.05) is 73.1 Å². The molecule has 0 aliphatic heterocycles. The number of rotatable bonds is 11. The Balaban J connectivity index is 0.683. The molecule has 0 atom stereocenters. The monoisotopic (exact) mass is 1170 g/mol. The molecule has 0 bridgehead atoms. The Hall–Kier alpha value is -12.4. The van der Waals surface area contributed by atoms with Crippen molar-refractivity contribution in [1.29, 1.82) is 0 Å². The van der Waals surface area contributed by atoms with Crippen LogP contribution in [0.15, 0.2) is 337 Å². The normalized spacial score (nSPS) is 11.7. The molecular weight excluding hydrogens is 1120 g/mol. The van der Waals surface area contributed by atoms with Gasteiger partial charge in [0.2, 0.25) is 0 Å². The van der Waals surface area contributed by atoms with E-state index < -0.39 is 0 Å². The summed E-state index contributed by atoms with van der Waals surface area (Å²) in [5.41, 5.74) is 22.6. The summed E-state index contributed by atoms with van der Waals surface area (Å²) in [5.74, 6) is 0. The van der Waals surface area contributed by atoms with E-state index in [0.717, 1.165) is 133 Å². The van der Waals surface area contributed by atoms with E-state index in [2.05, 4.69) is 301 Å². The van der Waals surface area contributed by atoms with Crippen molar-refractivity contribution in [2.75, 3.05) is 9.80 Å². The van der Waals surface area contributed by atoms with E-state index in [4.69, 9.17) is 18.8 Å². The highest BCUT2D eigenvalue weighted by molar-refractivity contribution is 6.17. The Bertz CT molecular complexity index is 5870. The Kier molecular flexibility index (Phi) is 12.5. The SMILES string of the molecule is c1ccc(-c2ccc(N(c3ccc(-c4cccc5c(-c6cccc(-c7ccc(N(c8ccc(-c9cccc%10ccccc9%10)cc8)c8cccc9c8oc8c%10ccccc%10cnc98)cc7)c6)cccc45)cc3)c3ccc4oc5c6ccccc6ncc5c4c3)cc2)cc1. The topological polar surface area (TPSA) is 58.5 Å². The molecule has 0 radical (unpaired) electrons. The second kappa shape index (κ2) is 21.7. The van der Waals surface area contributed by atoms with E-state index in [-0.39, 0.29) is 0 Å². The number of anilines is 6. The fraction of sp³-hybridized carbons (Fsp3) is 0. The molecule has 6 heteroatoms. The molecular formula is C86H54N4O2. The highest BCUT2D eigenvalue weighted by atomic mass is 16.3. The summed E-state index contributed by atoms with van der Waals surface area (Å²) in [5, 5.41) is 10.9. The van der Waals surface area contributed by atoms with E-state index in [1.165, 1.54) is 43.8 Å². The lowest BCUT2D eigenvalue weighted by atomic mass is 9.91. The number of furan rings is 2. The molecule has 0 unspecified atom stereocenters. The maximum absolute atomic E-state index is 6.95. The molecule has 0 spiro atoms. The third kappa shape index (κ3) is 8.95. The molecule has 0 saturated carbocycles. The molecule has 4 aromatic heterocycles. The zero-order chi connectivity index (χ0) is 60.6. The molecule has 430 valence electrons. The average Bonchev–Trinajstić information content (AvgIpc) is 1.62. The molecule has 0 amide bonds. The van der Waals surface area contributed by atoms with Gasteiger partial charge in [-0.2, -0.15) is 0 Å². The summed E-state index contributed by atoms with van der Waals surface area (Å²) < 4.78 is 13.5. The Morgan fingerprint density at radius 3 is 1.45 bits per heavy atom. The largest absolute Gasteiger partial charge is 0.455 e. The third-order valence-electron chi connectivity index (χ3n) is 18.3. The summed E-state index contributed by atoms with van der Waals surface area (Å²) in [7, 11) is 0. The number of fused-ring (bicyclic) bond motifs is 12. The third-order valence-corrected chi connectivity index (χ3v) is 18.3. The van der Waals surface area contributed by atoms with E-state index >= 15 is 0 Å². The number of benzene rings is 14. The van der Waals surface area contributed by atoms with Crippen LogP contribution in [0.3, 0.4) is 0 Å². The van der Waals surface area contributed by atoms with Gasteiger partial charge in [-0.25, -0.2) is 0 Å². The molecule has 18 rings (SSSR count). The second-order valence-corrected chi connectivity index (χ2v) is 23.6. The van der Waals surface area contributed by atoms with Crippen LogP contribution in [0.25, 0.3) is 143 Å². The quantitative estimate of drug-likeness (QED) is 0.129. The highest BCUT2D eigenvalue weighted by Gasteiger charge is 2.23. The van der Waals surface area contributed by atoms with Gasteiger partial charge in [-0.15, -0.1) is 0 Å². The second-order valence-electron chi connectivity index (χ2n) is 23.6. The molecule has 0 N–H and O–H groups in total. The lowest BCUT2D eigenvalue weighted by Crippen LogP contribution is -2.10. The maximum atomic E-state index is 6.95. The molecule has 4 heterocycles. The van der Waals surface area contributed by atoms with Gasteiger partial charge < -0.3 is 18.6 Å². The van der Waals surface area contributed by atoms with Crippen molar-refractivity contribution >= 4 is 121 Å². The predicted octanol–water partition coefficient (Wildman–Crippen LogP) is 24.2. The van der Waals surface area contributed by atoms with Gasteiger partial charge in [0.25, 0.3) is 0 Å². The summed E-state index contributed by atoms with van der Waals surface area (Å²) in [6.07, 6.45) is 3.89. The minimum absolute atomic E-state index is 0.783. The van der Waals surface area contributed by atoms with Crippen molar-refractivity contribution in [2.45, 2.75) is 0 Å². The van der Waals surface area contributed by atoms with Crippen LogP contribution in [0.4, 0.5) is 34.1 Å². The van der Waals surface area contributed by atoms with Crippen molar-refractivity contribution in [2.24, 2.45) is 0 Å². The molecule has 0 saturated heterocycles. The van der Waals surface area contributed by atoms with Crippen LogP contribution in [0, 0.1) is 0 Å². The van der Waals surface area contributed by atoms with Crippen molar-refractivity contribution in [1.82, 2.24) is 9.97 Å². The Morgan fingerprint density at radius 1 is 0.239 bits per heavy atom. The minimum Gasteiger partial charge on any atom is -0.455 e. The summed E-state index contributed by atoms with van der Waals surface area (Å²) in [4.78, 5) is 14.4. The lowest BCUT2D eigenvalue weighted by Gasteiger charge is -2.26. The van der Waals surface area contributed by atoms with Gasteiger partial charge in [-0.1, -0.05) is 218 Å². The number of hydrogen-bond acceptors (Lipinski definition) is 6. The average molecular weight is 1180 g/mol. The first-order valence-corrected chi connectivity index (χ1v) is 31.2. The maximum Gasteiger partial charge on any atom is 0.161 e. The van der Waals surface area contributed by atoms with Crippen molar-refractivity contribution in [3.8, 4) is 55.6 Å². The van der Waals surface area contributed by atoms with Crippen LogP contribution < -0.4 is 9.80 Å². The fourth-order valence-corrected chi connectivity index (χ4v) is 13.9. The predicted molar refractivity (Wildman–Crippen MR) is 383 cm³/mol. The first-order chi connectivity index (χ1) is 45.6. The molecule has 14 aromatic carbocycles. The smallest absolute Gasteiger partial charge is 0.161 e. The fourth-order valence-electron chi connectivity index (χ4n) is 13.9. The van der Waals surface area contributed by atoms with Crippen molar-refractivity contribution in [3.05, 3.63) is 328 Å². The first-order valence-electron chi connectivity index (χ1n) is 31.2. The van der Waals surface area contributed by atoms with E-state index in [1.54, 1.807) is 0 Å². The van der Waals surface area contributed by atoms with Crippen LogP contribution in [-0.2, 0) is 0 Å². The van der Waals surface area contributed by atoms with Crippen molar-refractivity contribution in [3.63, 3.8) is 0 Å². The number of pyridine rings is 2. The summed E-state index contributed by atoms with van der Waals surface area (Å²) in [6.45, 7) is 0. The molecule has 92 heavy (non-hydrogen) atoms. The summed E-state index contributed by atoms with van der Waals surface area (Å²) in [6, 6.07) is 113. The molecule has 18 aromatic rings. The minimum atomic E-state index is 0.783. The molecule has 0 aliphatic carbocycles. The summed E-state index contributed by atoms with van der Waals surface area (Å²) >= 11 is 0. The van der Waals surface area contributed by atoms with Gasteiger partial charge in [-0.05, 0) is 174 Å². The van der Waals surface area contributed by atoms with Gasteiger partial charge in [0.05, 0.1) is 11.2 Å². The lowest BCUT2D eigenvalue weighted by molar-refractivity contribution is 0.672. The highest BCUT2D eigenvalue weighted by Crippen LogP contribution is 2.46. The van der Waals surface area contributed by atoms with Crippen molar-refractivity contribution < 1.29 is 8.83 Å². The van der Waals surface area contributed by atoms with E-state index in [9.17, 15) is 0 Å². The first kappa shape index (κ1) is 52.7. The van der Waals surface area contributed by atoms with Crippen LogP contribution >= 0.6 is 0 Å². The van der Waals surface area contributed by atoms with Crippen LogP contribution in [-0.4, -0.2) is 9.97 Å². The number of nitrogens with zero attached hydrogens (tertiary/aromatic N) is 4. The van der Waals surface area contributed by atoms with Gasteiger partial charge in [0.15, 0.2) is 11.2 Å². The molecule has 6 nitrogen and oxygen atoms in total.